The molecule has 1 aromatic heterocycles. The summed E-state index contributed by atoms with van der Waals surface area (Å²) in [6.45, 7) is 9.39. The van der Waals surface area contributed by atoms with Gasteiger partial charge in [0.05, 0.1) is 24.3 Å². The summed E-state index contributed by atoms with van der Waals surface area (Å²) in [6, 6.07) is 6.30. The predicted octanol–water partition coefficient (Wildman–Crippen LogP) is 3.01. The number of nitrogens with one attached hydrogen (secondary N) is 1. The van der Waals surface area contributed by atoms with Crippen molar-refractivity contribution in [3.05, 3.63) is 54.4 Å². The standard InChI is InChI=1S/C26H35F3N6O4S/c1-3-11-34(14-13-33-15-17-39-18-16-33)24-6-4-5-12-35(24)40(37,38)21-9-7-20(8-10-21)30-25(36)22-19-23(26(27,28)29)31-32(22)2/h3,7-10,19,24H,1,4-6,11-18H2,2H3,(H,30,36). The Morgan fingerprint density at radius 3 is 2.52 bits per heavy atom. The summed E-state index contributed by atoms with van der Waals surface area (Å²) in [5, 5.41) is 5.85. The van der Waals surface area contributed by atoms with Gasteiger partial charge in [0.25, 0.3) is 5.91 Å². The molecule has 2 aliphatic rings. The first-order chi connectivity index (χ1) is 19.0. The van der Waals surface area contributed by atoms with E-state index in [0.717, 1.165) is 37.2 Å². The third-order valence-electron chi connectivity index (χ3n) is 7.14. The van der Waals surface area contributed by atoms with Crippen molar-refractivity contribution in [2.24, 2.45) is 7.05 Å². The molecule has 1 unspecified atom stereocenters. The lowest BCUT2D eigenvalue weighted by molar-refractivity contribution is -0.141. The molecule has 0 bridgehead atoms. The van der Waals surface area contributed by atoms with Crippen molar-refractivity contribution in [1.29, 1.82) is 0 Å². The van der Waals surface area contributed by atoms with Crippen LogP contribution < -0.4 is 5.32 Å². The van der Waals surface area contributed by atoms with Gasteiger partial charge in [-0.15, -0.1) is 6.58 Å². The zero-order valence-electron chi connectivity index (χ0n) is 22.4. The number of sulfonamides is 1. The van der Waals surface area contributed by atoms with Crippen molar-refractivity contribution < 1.29 is 31.1 Å². The van der Waals surface area contributed by atoms with E-state index in [4.69, 9.17) is 4.74 Å². The average Bonchev–Trinajstić information content (AvgIpc) is 3.34. The maximum absolute atomic E-state index is 13.7. The first-order valence-corrected chi connectivity index (χ1v) is 14.6. The zero-order valence-corrected chi connectivity index (χ0v) is 23.3. The molecule has 0 spiro atoms. The second-order valence-corrected chi connectivity index (χ2v) is 11.7. The first-order valence-electron chi connectivity index (χ1n) is 13.2. The lowest BCUT2D eigenvalue weighted by Crippen LogP contribution is -2.55. The van der Waals surface area contributed by atoms with E-state index in [0.29, 0.717) is 45.3 Å². The number of ether oxygens (including phenoxy) is 1. The Bertz CT molecular complexity index is 1280. The number of carbonyl (C=O) groups is 1. The van der Waals surface area contributed by atoms with Crippen molar-refractivity contribution in [2.75, 3.05) is 57.8 Å². The summed E-state index contributed by atoms with van der Waals surface area (Å²) in [6.07, 6.45) is -0.839. The number of halogens is 3. The number of amides is 1. The highest BCUT2D eigenvalue weighted by molar-refractivity contribution is 7.89. The molecule has 0 radical (unpaired) electrons. The Kier molecular flexibility index (Phi) is 9.67. The fraction of sp³-hybridized carbons (Fsp3) is 0.538. The molecule has 10 nitrogen and oxygen atoms in total. The van der Waals surface area contributed by atoms with Crippen LogP contribution in [0.3, 0.4) is 0 Å². The molecule has 2 aromatic rings. The molecule has 1 aromatic carbocycles. The molecule has 220 valence electrons. The van der Waals surface area contributed by atoms with Gasteiger partial charge in [0.15, 0.2) is 5.69 Å². The second-order valence-electron chi connectivity index (χ2n) is 9.84. The smallest absolute Gasteiger partial charge is 0.379 e. The van der Waals surface area contributed by atoms with Gasteiger partial charge >= 0.3 is 6.18 Å². The zero-order chi connectivity index (χ0) is 28.9. The molecule has 1 N–H and O–H groups in total. The van der Waals surface area contributed by atoms with E-state index in [1.807, 2.05) is 0 Å². The van der Waals surface area contributed by atoms with Crippen LogP contribution in [-0.4, -0.2) is 96.9 Å². The molecule has 3 heterocycles. The number of aryl methyl sites for hydroxylation is 1. The molecule has 4 rings (SSSR count). The van der Waals surface area contributed by atoms with Crippen molar-refractivity contribution in [1.82, 2.24) is 23.9 Å². The highest BCUT2D eigenvalue weighted by Gasteiger charge is 2.37. The minimum atomic E-state index is -4.68. The maximum Gasteiger partial charge on any atom is 0.435 e. The molecule has 40 heavy (non-hydrogen) atoms. The van der Waals surface area contributed by atoms with E-state index in [-0.39, 0.29) is 22.4 Å². The molecular formula is C26H35F3N6O4S. The van der Waals surface area contributed by atoms with Crippen LogP contribution in [0.1, 0.15) is 35.4 Å². The van der Waals surface area contributed by atoms with Crippen LogP contribution in [0.5, 0.6) is 0 Å². The van der Waals surface area contributed by atoms with Crippen LogP contribution in [0, 0.1) is 0 Å². The van der Waals surface area contributed by atoms with Gasteiger partial charge in [-0.2, -0.15) is 22.6 Å². The quantitative estimate of drug-likeness (QED) is 0.429. The summed E-state index contributed by atoms with van der Waals surface area (Å²) >= 11 is 0. The molecule has 1 amide bonds. The Hall–Kier alpha value is -2.78. The molecule has 2 aliphatic heterocycles. The third kappa shape index (κ3) is 7.10. The number of nitrogens with zero attached hydrogens (tertiary/aromatic N) is 5. The molecule has 0 saturated carbocycles. The number of carbonyl (C=O) groups excluding carboxylic acids is 1. The minimum Gasteiger partial charge on any atom is -0.379 e. The lowest BCUT2D eigenvalue weighted by atomic mass is 10.1. The Balaban J connectivity index is 1.47. The number of morpholine rings is 1. The summed E-state index contributed by atoms with van der Waals surface area (Å²) in [5.74, 6) is -0.794. The Morgan fingerprint density at radius 1 is 1.20 bits per heavy atom. The van der Waals surface area contributed by atoms with Gasteiger partial charge in [-0.25, -0.2) is 8.42 Å². The normalized spacial score (nSPS) is 19.6. The Morgan fingerprint density at radius 2 is 1.90 bits per heavy atom. The van der Waals surface area contributed by atoms with Gasteiger partial charge in [0, 0.05) is 58.1 Å². The number of piperidine rings is 1. The van der Waals surface area contributed by atoms with Crippen LogP contribution in [0.2, 0.25) is 0 Å². The summed E-state index contributed by atoms with van der Waals surface area (Å²) < 4.78 is 74.2. The van der Waals surface area contributed by atoms with Crippen molar-refractivity contribution in [2.45, 2.75) is 36.5 Å². The van der Waals surface area contributed by atoms with Gasteiger partial charge in [-0.1, -0.05) is 6.08 Å². The van der Waals surface area contributed by atoms with Crippen molar-refractivity contribution >= 4 is 21.6 Å². The monoisotopic (exact) mass is 584 g/mol. The molecule has 2 fully saturated rings. The number of rotatable bonds is 10. The summed E-state index contributed by atoms with van der Waals surface area (Å²) in [5.41, 5.74) is -1.21. The van der Waals surface area contributed by atoms with Gasteiger partial charge < -0.3 is 10.1 Å². The third-order valence-corrected chi connectivity index (χ3v) is 9.05. The number of alkyl halides is 3. The van der Waals surface area contributed by atoms with E-state index < -0.39 is 27.8 Å². The van der Waals surface area contributed by atoms with Crippen LogP contribution in [0.25, 0.3) is 0 Å². The number of benzene rings is 1. The minimum absolute atomic E-state index is 0.0732. The maximum atomic E-state index is 13.7. The molecular weight excluding hydrogens is 549 g/mol. The number of hydrogen-bond acceptors (Lipinski definition) is 7. The van der Waals surface area contributed by atoms with E-state index >= 15 is 0 Å². The highest BCUT2D eigenvalue weighted by Crippen LogP contribution is 2.30. The van der Waals surface area contributed by atoms with Crippen LogP contribution >= 0.6 is 0 Å². The van der Waals surface area contributed by atoms with Crippen molar-refractivity contribution in [3.63, 3.8) is 0 Å². The van der Waals surface area contributed by atoms with Crippen LogP contribution in [0.15, 0.2) is 47.9 Å². The van der Waals surface area contributed by atoms with E-state index in [2.05, 4.69) is 26.8 Å². The summed E-state index contributed by atoms with van der Waals surface area (Å²) in [7, 11) is -2.62. The van der Waals surface area contributed by atoms with Crippen molar-refractivity contribution in [3.8, 4) is 0 Å². The number of anilines is 1. The molecule has 1 atom stereocenters. The SMILES string of the molecule is C=CCN(CCN1CCOCC1)C1CCCCN1S(=O)(=O)c1ccc(NC(=O)c2cc(C(F)(F)F)nn2C)cc1. The largest absolute Gasteiger partial charge is 0.435 e. The lowest BCUT2D eigenvalue weighted by Gasteiger charge is -2.42. The first kappa shape index (κ1) is 30.2. The predicted molar refractivity (Wildman–Crippen MR) is 143 cm³/mol. The average molecular weight is 585 g/mol. The van der Waals surface area contributed by atoms with Crippen LogP contribution in [0.4, 0.5) is 18.9 Å². The molecule has 14 heteroatoms. The number of aromatic nitrogens is 2. The van der Waals surface area contributed by atoms with E-state index in [1.165, 1.54) is 31.3 Å². The van der Waals surface area contributed by atoms with Gasteiger partial charge in [0.1, 0.15) is 5.69 Å². The fourth-order valence-electron chi connectivity index (χ4n) is 5.01. The van der Waals surface area contributed by atoms with Crippen LogP contribution in [-0.2, 0) is 28.0 Å². The summed E-state index contributed by atoms with van der Waals surface area (Å²) in [4.78, 5) is 17.1. The van der Waals surface area contributed by atoms with E-state index in [9.17, 15) is 26.4 Å². The molecule has 2 saturated heterocycles. The van der Waals surface area contributed by atoms with Gasteiger partial charge in [0.2, 0.25) is 10.0 Å². The van der Waals surface area contributed by atoms with Gasteiger partial charge in [-0.05, 0) is 43.5 Å². The second kappa shape index (κ2) is 12.8. The fourth-order valence-corrected chi connectivity index (χ4v) is 6.69. The van der Waals surface area contributed by atoms with E-state index in [1.54, 1.807) is 10.4 Å². The Labute approximate surface area is 232 Å². The highest BCUT2D eigenvalue weighted by atomic mass is 32.2. The topological polar surface area (TPSA) is 100 Å². The number of hydrogen-bond donors (Lipinski definition) is 1. The molecule has 0 aliphatic carbocycles. The van der Waals surface area contributed by atoms with Gasteiger partial charge in [-0.3, -0.25) is 19.3 Å².